The molecule has 1 aromatic carbocycles. The molecule has 0 radical (unpaired) electrons. The lowest BCUT2D eigenvalue weighted by Crippen LogP contribution is -2.40. The molecule has 0 aliphatic heterocycles. The van der Waals surface area contributed by atoms with Gasteiger partial charge in [0, 0.05) is 18.0 Å². The van der Waals surface area contributed by atoms with Gasteiger partial charge in [-0.25, -0.2) is 0 Å². The number of alkyl halides is 1. The fourth-order valence-corrected chi connectivity index (χ4v) is 1.55. The van der Waals surface area contributed by atoms with Crippen LogP contribution in [0.15, 0.2) is 18.2 Å². The molecule has 0 atom stereocenters. The van der Waals surface area contributed by atoms with Gasteiger partial charge in [-0.15, -0.1) is 11.6 Å². The minimum absolute atomic E-state index is 0.104. The van der Waals surface area contributed by atoms with E-state index < -0.39 is 0 Å². The van der Waals surface area contributed by atoms with Crippen LogP contribution in [0.3, 0.4) is 0 Å². The van der Waals surface area contributed by atoms with Crippen LogP contribution in [0.5, 0.6) is 0 Å². The molecule has 0 fully saturated rings. The molecule has 15 heavy (non-hydrogen) atoms. The van der Waals surface area contributed by atoms with Crippen LogP contribution < -0.4 is 5.32 Å². The first kappa shape index (κ1) is 13.1. The van der Waals surface area contributed by atoms with Gasteiger partial charge in [0.25, 0.3) is 0 Å². The van der Waals surface area contributed by atoms with Crippen molar-refractivity contribution >= 4 is 34.8 Å². The van der Waals surface area contributed by atoms with E-state index in [1.165, 1.54) is 0 Å². The second kappa shape index (κ2) is 5.40. The van der Waals surface area contributed by atoms with Gasteiger partial charge >= 0.3 is 0 Å². The molecule has 4 heteroatoms. The Morgan fingerprint density at radius 2 is 1.93 bits per heavy atom. The third-order valence-electron chi connectivity index (χ3n) is 2.12. The molecular formula is C11H14Cl3N. The molecule has 1 nitrogen and oxygen atoms in total. The van der Waals surface area contributed by atoms with E-state index in [2.05, 4.69) is 5.32 Å². The van der Waals surface area contributed by atoms with Crippen LogP contribution >= 0.6 is 34.8 Å². The Labute approximate surface area is 106 Å². The summed E-state index contributed by atoms with van der Waals surface area (Å²) in [5, 5.41) is 4.51. The molecule has 0 spiro atoms. The highest BCUT2D eigenvalue weighted by molar-refractivity contribution is 6.42. The second-order valence-electron chi connectivity index (χ2n) is 4.08. The second-order valence-corrected chi connectivity index (χ2v) is 5.14. The molecule has 1 aromatic rings. The standard InChI is InChI=1S/C11H14Cl3N/c1-11(2,7-12)15-6-8-4-3-5-9(13)10(8)14/h3-5,15H,6-7H2,1-2H3. The zero-order valence-electron chi connectivity index (χ0n) is 8.78. The summed E-state index contributed by atoms with van der Waals surface area (Å²) in [5.41, 5.74) is 0.884. The van der Waals surface area contributed by atoms with E-state index in [1.54, 1.807) is 6.07 Å². The van der Waals surface area contributed by atoms with Crippen LogP contribution in [-0.4, -0.2) is 11.4 Å². The molecule has 0 amide bonds. The van der Waals surface area contributed by atoms with Crippen LogP contribution in [0.25, 0.3) is 0 Å². The maximum absolute atomic E-state index is 6.06. The Kier molecular flexibility index (Phi) is 4.72. The van der Waals surface area contributed by atoms with Crippen LogP contribution in [0.1, 0.15) is 19.4 Å². The largest absolute Gasteiger partial charge is 0.306 e. The highest BCUT2D eigenvalue weighted by Gasteiger charge is 2.15. The van der Waals surface area contributed by atoms with Gasteiger partial charge in [-0.3, -0.25) is 0 Å². The van der Waals surface area contributed by atoms with Crippen molar-refractivity contribution in [3.63, 3.8) is 0 Å². The van der Waals surface area contributed by atoms with E-state index in [4.69, 9.17) is 34.8 Å². The number of hydrogen-bond acceptors (Lipinski definition) is 1. The summed E-state index contributed by atoms with van der Waals surface area (Å²) in [6.45, 7) is 4.75. The maximum atomic E-state index is 6.06. The van der Waals surface area contributed by atoms with Gasteiger partial charge in [-0.05, 0) is 25.5 Å². The van der Waals surface area contributed by atoms with Crippen molar-refractivity contribution in [2.24, 2.45) is 0 Å². The van der Waals surface area contributed by atoms with Crippen molar-refractivity contribution in [1.29, 1.82) is 0 Å². The summed E-state index contributed by atoms with van der Waals surface area (Å²) in [5.74, 6) is 0.547. The summed E-state index contributed by atoms with van der Waals surface area (Å²) in [6, 6.07) is 5.62. The molecule has 0 heterocycles. The minimum Gasteiger partial charge on any atom is -0.306 e. The lowest BCUT2D eigenvalue weighted by atomic mass is 10.1. The monoisotopic (exact) mass is 265 g/mol. The molecule has 0 saturated heterocycles. The van der Waals surface area contributed by atoms with Gasteiger partial charge in [0.2, 0.25) is 0 Å². The molecule has 1 rings (SSSR count). The van der Waals surface area contributed by atoms with E-state index in [0.29, 0.717) is 22.5 Å². The predicted octanol–water partition coefficient (Wildman–Crippen LogP) is 4.10. The summed E-state index contributed by atoms with van der Waals surface area (Å²) in [7, 11) is 0. The average molecular weight is 267 g/mol. The zero-order chi connectivity index (χ0) is 11.5. The smallest absolute Gasteiger partial charge is 0.0637 e. The van der Waals surface area contributed by atoms with Crippen molar-refractivity contribution < 1.29 is 0 Å². The molecule has 0 saturated carbocycles. The van der Waals surface area contributed by atoms with Crippen LogP contribution in [0.4, 0.5) is 0 Å². The molecule has 0 bridgehead atoms. The fourth-order valence-electron chi connectivity index (χ4n) is 1.07. The SMILES string of the molecule is CC(C)(CCl)NCc1cccc(Cl)c1Cl. The Balaban J connectivity index is 2.70. The number of hydrogen-bond donors (Lipinski definition) is 1. The molecule has 0 aliphatic rings. The number of rotatable bonds is 4. The highest BCUT2D eigenvalue weighted by atomic mass is 35.5. The topological polar surface area (TPSA) is 12.0 Å². The highest BCUT2D eigenvalue weighted by Crippen LogP contribution is 2.25. The average Bonchev–Trinajstić information content (AvgIpc) is 2.20. The van der Waals surface area contributed by atoms with Crippen molar-refractivity contribution in [3.05, 3.63) is 33.8 Å². The van der Waals surface area contributed by atoms with Crippen molar-refractivity contribution in [2.75, 3.05) is 5.88 Å². The molecule has 0 aromatic heterocycles. The van der Waals surface area contributed by atoms with Gasteiger partial charge in [-0.2, -0.15) is 0 Å². The van der Waals surface area contributed by atoms with E-state index in [-0.39, 0.29) is 5.54 Å². The van der Waals surface area contributed by atoms with Crippen LogP contribution in [0.2, 0.25) is 10.0 Å². The van der Waals surface area contributed by atoms with Gasteiger partial charge in [0.1, 0.15) is 0 Å². The third kappa shape index (κ3) is 3.84. The molecule has 84 valence electrons. The number of halogens is 3. The van der Waals surface area contributed by atoms with E-state index in [1.807, 2.05) is 26.0 Å². The molecular weight excluding hydrogens is 252 g/mol. The van der Waals surface area contributed by atoms with E-state index in [9.17, 15) is 0 Å². The molecule has 1 N–H and O–H groups in total. The summed E-state index contributed by atoms with van der Waals surface area (Å²) in [4.78, 5) is 0. The first-order valence-electron chi connectivity index (χ1n) is 4.70. The lowest BCUT2D eigenvalue weighted by molar-refractivity contribution is 0.429. The quantitative estimate of drug-likeness (QED) is 0.809. The van der Waals surface area contributed by atoms with Crippen LogP contribution in [-0.2, 0) is 6.54 Å². The third-order valence-corrected chi connectivity index (χ3v) is 3.65. The van der Waals surface area contributed by atoms with Gasteiger partial charge in [-0.1, -0.05) is 35.3 Å². The van der Waals surface area contributed by atoms with Crippen molar-refractivity contribution in [1.82, 2.24) is 5.32 Å². The van der Waals surface area contributed by atoms with Gasteiger partial charge in [0.05, 0.1) is 10.0 Å². The van der Waals surface area contributed by atoms with E-state index >= 15 is 0 Å². The fraction of sp³-hybridized carbons (Fsp3) is 0.455. The summed E-state index contributed by atoms with van der Waals surface area (Å²) >= 11 is 17.8. The molecule has 0 unspecified atom stereocenters. The Morgan fingerprint density at radius 3 is 2.53 bits per heavy atom. The number of benzene rings is 1. The zero-order valence-corrected chi connectivity index (χ0v) is 11.0. The normalized spacial score (nSPS) is 11.8. The van der Waals surface area contributed by atoms with Crippen molar-refractivity contribution in [2.45, 2.75) is 25.9 Å². The first-order valence-corrected chi connectivity index (χ1v) is 5.99. The Morgan fingerprint density at radius 1 is 1.27 bits per heavy atom. The first-order chi connectivity index (χ1) is 6.96. The van der Waals surface area contributed by atoms with Gasteiger partial charge < -0.3 is 5.32 Å². The minimum atomic E-state index is -0.104. The maximum Gasteiger partial charge on any atom is 0.0637 e. The lowest BCUT2D eigenvalue weighted by Gasteiger charge is -2.23. The molecule has 0 aliphatic carbocycles. The summed E-state index contributed by atoms with van der Waals surface area (Å²) < 4.78 is 0. The Bertz CT molecular complexity index is 337. The van der Waals surface area contributed by atoms with Crippen LogP contribution in [0, 0.1) is 0 Å². The van der Waals surface area contributed by atoms with E-state index in [0.717, 1.165) is 5.56 Å². The van der Waals surface area contributed by atoms with Crippen molar-refractivity contribution in [3.8, 4) is 0 Å². The van der Waals surface area contributed by atoms with Gasteiger partial charge in [0.15, 0.2) is 0 Å². The Hall–Kier alpha value is 0.0500. The predicted molar refractivity (Wildman–Crippen MR) is 68.1 cm³/mol. The summed E-state index contributed by atoms with van der Waals surface area (Å²) in [6.07, 6.45) is 0. The number of nitrogens with one attached hydrogen (secondary N) is 1.